The van der Waals surface area contributed by atoms with Crippen LogP contribution in [0.5, 0.6) is 0 Å². The average molecular weight is 578 g/mol. The Balaban J connectivity index is 1.81. The summed E-state index contributed by atoms with van der Waals surface area (Å²) in [6.07, 6.45) is 0.870. The van der Waals surface area contributed by atoms with Crippen molar-refractivity contribution in [2.24, 2.45) is 28.3 Å². The molecule has 38 heavy (non-hydrogen) atoms. The third kappa shape index (κ3) is 6.60. The molecule has 204 valence electrons. The van der Waals surface area contributed by atoms with Crippen LogP contribution in [0.3, 0.4) is 0 Å². The predicted molar refractivity (Wildman–Crippen MR) is 155 cm³/mol. The van der Waals surface area contributed by atoms with E-state index in [2.05, 4.69) is 31.0 Å². The second-order valence-electron chi connectivity index (χ2n) is 8.26. The van der Waals surface area contributed by atoms with E-state index in [1.54, 1.807) is 17.4 Å². The molecule has 2 heterocycles. The number of nitrogens with one attached hydrogen (secondary N) is 4. The molecule has 1 aromatic heterocycles. The van der Waals surface area contributed by atoms with Crippen LogP contribution in [0.25, 0.3) is 11.1 Å². The van der Waals surface area contributed by atoms with Crippen molar-refractivity contribution in [3.8, 4) is 11.1 Å². The maximum Gasteiger partial charge on any atom is 0.187 e. The first-order valence-electron chi connectivity index (χ1n) is 11.6. The van der Waals surface area contributed by atoms with Gasteiger partial charge in [-0.1, -0.05) is 18.2 Å². The number of nitrogens with two attached hydrogens (primary N) is 4. The Morgan fingerprint density at radius 1 is 1.39 bits per heavy atom. The summed E-state index contributed by atoms with van der Waals surface area (Å²) in [7, 11) is 0.166. The molecule has 4 rings (SSSR count). The first kappa shape index (κ1) is 28.2. The van der Waals surface area contributed by atoms with Crippen LogP contribution in [0.15, 0.2) is 51.8 Å². The van der Waals surface area contributed by atoms with Gasteiger partial charge in [0.2, 0.25) is 0 Å². The summed E-state index contributed by atoms with van der Waals surface area (Å²) in [6, 6.07) is 11.5. The highest BCUT2D eigenvalue weighted by molar-refractivity contribution is 7.96. The Morgan fingerprint density at radius 3 is 2.92 bits per heavy atom. The first-order valence-corrected chi connectivity index (χ1v) is 14.3. The van der Waals surface area contributed by atoms with Crippen LogP contribution >= 0.6 is 23.6 Å². The van der Waals surface area contributed by atoms with E-state index in [0.29, 0.717) is 22.7 Å². The van der Waals surface area contributed by atoms with Crippen molar-refractivity contribution in [2.75, 3.05) is 29.8 Å². The molecule has 1 aliphatic rings. The summed E-state index contributed by atoms with van der Waals surface area (Å²) in [6.45, 7) is 1.97. The molecule has 1 fully saturated rings. The summed E-state index contributed by atoms with van der Waals surface area (Å²) in [5.74, 6) is 10.9. The second kappa shape index (κ2) is 13.3. The minimum absolute atomic E-state index is 0.0700. The Labute approximate surface area is 231 Å². The van der Waals surface area contributed by atoms with Crippen LogP contribution in [0.4, 0.5) is 16.5 Å². The second-order valence-corrected chi connectivity index (χ2v) is 11.2. The minimum Gasteiger partial charge on any atom is -0.382 e. The zero-order chi connectivity index (χ0) is 27.1. The maximum absolute atomic E-state index is 13.5. The fraction of sp³-hybridized carbons (Fsp3) is 0.273. The number of benzene rings is 2. The van der Waals surface area contributed by atoms with Gasteiger partial charge in [-0.2, -0.15) is 0 Å². The molecule has 0 saturated carbocycles. The van der Waals surface area contributed by atoms with Gasteiger partial charge >= 0.3 is 0 Å². The van der Waals surface area contributed by atoms with Crippen LogP contribution in [0.1, 0.15) is 17.7 Å². The van der Waals surface area contributed by atoms with Gasteiger partial charge in [0.05, 0.1) is 21.8 Å². The normalized spacial score (nSPS) is 16.4. The van der Waals surface area contributed by atoms with Crippen molar-refractivity contribution in [3.63, 3.8) is 0 Å². The molecule has 0 radical (unpaired) electrons. The summed E-state index contributed by atoms with van der Waals surface area (Å²) in [5.41, 5.74) is 18.6. The van der Waals surface area contributed by atoms with Crippen molar-refractivity contribution in [2.45, 2.75) is 23.9 Å². The first-order chi connectivity index (χ1) is 18.4. The maximum atomic E-state index is 13.5. The predicted octanol–water partition coefficient (Wildman–Crippen LogP) is 0.960. The minimum atomic E-state index is -1.57. The molecule has 2 aromatic carbocycles. The van der Waals surface area contributed by atoms with E-state index in [1.165, 1.54) is 11.3 Å². The Hall–Kier alpha value is -2.80. The third-order valence-corrected chi connectivity index (χ3v) is 8.35. The van der Waals surface area contributed by atoms with Crippen LogP contribution in [-0.4, -0.2) is 41.2 Å². The van der Waals surface area contributed by atoms with Crippen LogP contribution in [0, 0.1) is 0 Å². The highest BCUT2D eigenvalue weighted by Gasteiger charge is 2.26. The number of hydrogen-bond donors (Lipinski definition) is 8. The molecule has 12 N–H and O–H groups in total. The lowest BCUT2D eigenvalue weighted by molar-refractivity contribution is 0.397. The van der Waals surface area contributed by atoms with Crippen LogP contribution in [0.2, 0.25) is 0 Å². The summed E-state index contributed by atoms with van der Waals surface area (Å²) >= 11 is 2.34. The van der Waals surface area contributed by atoms with Gasteiger partial charge in [-0.05, 0) is 42.3 Å². The molecule has 0 spiro atoms. The lowest BCUT2D eigenvalue weighted by Gasteiger charge is -2.25. The van der Waals surface area contributed by atoms with Crippen molar-refractivity contribution in [3.05, 3.63) is 53.0 Å². The molecule has 0 bridgehead atoms. The number of hydrazone groups is 1. The van der Waals surface area contributed by atoms with Crippen molar-refractivity contribution < 1.29 is 8.49 Å². The Kier molecular flexibility index (Phi) is 9.89. The zero-order valence-electron chi connectivity index (χ0n) is 20.6. The summed E-state index contributed by atoms with van der Waals surface area (Å²) < 4.78 is 23.2. The van der Waals surface area contributed by atoms with Gasteiger partial charge in [0.25, 0.3) is 0 Å². The van der Waals surface area contributed by atoms with Gasteiger partial charge < -0.3 is 22.1 Å². The topological polar surface area (TPSA) is 207 Å². The van der Waals surface area contributed by atoms with E-state index in [9.17, 15) is 4.21 Å². The molecule has 1 aliphatic heterocycles. The number of rotatable bonds is 12. The van der Waals surface area contributed by atoms with E-state index in [0.717, 1.165) is 59.4 Å². The summed E-state index contributed by atoms with van der Waals surface area (Å²) in [4.78, 5) is 4.96. The number of hydrazine groups is 1. The molecule has 0 aliphatic carbocycles. The lowest BCUT2D eigenvalue weighted by Crippen LogP contribution is -2.33. The highest BCUT2D eigenvalue weighted by atomic mass is 32.2. The molecular weight excluding hydrogens is 547 g/mol. The number of hydrogen-bond acceptors (Lipinski definition) is 13. The van der Waals surface area contributed by atoms with E-state index >= 15 is 0 Å². The Bertz CT molecular complexity index is 1300. The van der Waals surface area contributed by atoms with Gasteiger partial charge in [-0.3, -0.25) is 4.31 Å². The molecule has 2 atom stereocenters. The largest absolute Gasteiger partial charge is 0.382 e. The summed E-state index contributed by atoms with van der Waals surface area (Å²) in [5, 5.41) is 13.3. The van der Waals surface area contributed by atoms with Gasteiger partial charge in [0.15, 0.2) is 11.0 Å². The standard InChI is InChI=1S/C22H31N11O2S3/c1-33(37-35-26)20-18(38(34)31-15-7-8-27-11-15)6-5-17(19(20)21(24)30-32-25)13-3-2-4-14(9-13)28-22-29-16(10-23)12-36-22/h2-6,9,12,15,27,31-32H,7-8,10-11,23,25-26H2,1H3,(H2,24,30)(H,28,29)/t15-,38?/m1/s1. The number of thiazole rings is 1. The number of aromatic nitrogens is 1. The van der Waals surface area contributed by atoms with Crippen molar-refractivity contribution >= 4 is 56.9 Å². The molecule has 1 saturated heterocycles. The number of anilines is 3. The van der Waals surface area contributed by atoms with Crippen LogP contribution < -0.4 is 48.4 Å². The number of amidine groups is 1. The molecule has 16 heteroatoms. The fourth-order valence-corrected chi connectivity index (χ4v) is 6.51. The van der Waals surface area contributed by atoms with E-state index < -0.39 is 11.0 Å². The molecule has 3 aromatic rings. The van der Waals surface area contributed by atoms with Crippen molar-refractivity contribution in [1.82, 2.24) is 20.6 Å². The molecule has 1 unspecified atom stereocenters. The van der Waals surface area contributed by atoms with E-state index in [1.807, 2.05) is 35.7 Å². The van der Waals surface area contributed by atoms with Gasteiger partial charge in [0.1, 0.15) is 23.2 Å². The van der Waals surface area contributed by atoms with E-state index in [4.69, 9.17) is 27.5 Å². The third-order valence-electron chi connectivity index (χ3n) is 5.77. The Morgan fingerprint density at radius 2 is 2.24 bits per heavy atom. The lowest BCUT2D eigenvalue weighted by atomic mass is 9.96. The van der Waals surface area contributed by atoms with Crippen molar-refractivity contribution in [1.29, 1.82) is 0 Å². The average Bonchev–Trinajstić information content (AvgIpc) is 3.60. The van der Waals surface area contributed by atoms with Gasteiger partial charge in [0, 0.05) is 37.2 Å². The zero-order valence-corrected chi connectivity index (χ0v) is 23.1. The van der Waals surface area contributed by atoms with Gasteiger partial charge in [-0.15, -0.1) is 16.4 Å². The van der Waals surface area contributed by atoms with Crippen LogP contribution in [-0.2, 0) is 21.8 Å². The van der Waals surface area contributed by atoms with Gasteiger partial charge in [-0.25, -0.2) is 35.5 Å². The fourth-order valence-electron chi connectivity index (χ4n) is 4.08. The smallest absolute Gasteiger partial charge is 0.187 e. The monoisotopic (exact) mass is 577 g/mol. The van der Waals surface area contributed by atoms with E-state index in [-0.39, 0.29) is 11.9 Å². The quantitative estimate of drug-likeness (QED) is 0.0378. The highest BCUT2D eigenvalue weighted by Crippen LogP contribution is 2.39. The number of nitrogens with zero attached hydrogens (tertiary/aromatic N) is 3. The molecular formula is C22H31N11O2S3. The SMILES string of the molecule is CN(SON)c1c(S(=O)N[C@@H]2CCNC2)ccc(-c2cccc(Nc3nc(CN)cs3)c2)c1/C(N)=N/NN. The molecule has 13 nitrogen and oxygen atoms in total. The molecule has 0 amide bonds.